The van der Waals surface area contributed by atoms with Crippen molar-refractivity contribution in [2.45, 2.75) is 11.4 Å². The summed E-state index contributed by atoms with van der Waals surface area (Å²) in [5.74, 6) is 0.328. The largest absolute Gasteiger partial charge is 0.484 e. The molecule has 31 heavy (non-hydrogen) atoms. The molecule has 7 nitrogen and oxygen atoms in total. The summed E-state index contributed by atoms with van der Waals surface area (Å²) in [6.45, 7) is 0.109. The van der Waals surface area contributed by atoms with Crippen molar-refractivity contribution in [3.05, 3.63) is 78.6 Å². The van der Waals surface area contributed by atoms with Gasteiger partial charge in [0, 0.05) is 18.6 Å². The Morgan fingerprint density at radius 1 is 1.10 bits per heavy atom. The molecule has 0 spiro atoms. The third kappa shape index (κ3) is 5.07. The number of rotatable bonds is 7. The monoisotopic (exact) mass is 453 g/mol. The number of para-hydroxylation sites is 1. The molecule has 4 aromatic rings. The standard InChI is InChI=1S/C22H19N3O4S2/c1-31(27,28)18-9-10-19-20(12-18)30-22(24-19)25(14-16-6-5-11-23-13-16)21(26)15-29-17-7-3-2-4-8-17/h2-13H,14-15H2,1H3. The smallest absolute Gasteiger partial charge is 0.267 e. The minimum absolute atomic E-state index is 0.158. The maximum Gasteiger partial charge on any atom is 0.267 e. The first kappa shape index (κ1) is 21.0. The lowest BCUT2D eigenvalue weighted by atomic mass is 10.2. The predicted octanol–water partition coefficient (Wildman–Crippen LogP) is 3.71. The molecule has 0 saturated heterocycles. The number of anilines is 1. The number of carbonyl (C=O) groups excluding carboxylic acids is 1. The summed E-state index contributed by atoms with van der Waals surface area (Å²) < 4.78 is 30.1. The average Bonchev–Trinajstić information content (AvgIpc) is 3.20. The van der Waals surface area contributed by atoms with Gasteiger partial charge in [-0.25, -0.2) is 13.4 Å². The van der Waals surface area contributed by atoms with Crippen molar-refractivity contribution in [1.29, 1.82) is 0 Å². The second-order valence-electron chi connectivity index (χ2n) is 6.84. The first-order chi connectivity index (χ1) is 14.9. The molecule has 4 rings (SSSR count). The van der Waals surface area contributed by atoms with Gasteiger partial charge in [0.2, 0.25) is 0 Å². The summed E-state index contributed by atoms with van der Waals surface area (Å²) in [6, 6.07) is 17.5. The topological polar surface area (TPSA) is 89.5 Å². The number of fused-ring (bicyclic) bond motifs is 1. The molecular formula is C22H19N3O4S2. The number of benzene rings is 2. The van der Waals surface area contributed by atoms with Gasteiger partial charge in [-0.1, -0.05) is 35.6 Å². The molecule has 1 amide bonds. The minimum atomic E-state index is -3.34. The van der Waals surface area contributed by atoms with Crippen LogP contribution in [0.25, 0.3) is 10.2 Å². The van der Waals surface area contributed by atoms with E-state index in [2.05, 4.69) is 9.97 Å². The van der Waals surface area contributed by atoms with E-state index in [-0.39, 0.29) is 24.0 Å². The van der Waals surface area contributed by atoms with Crippen LogP contribution >= 0.6 is 11.3 Å². The van der Waals surface area contributed by atoms with Gasteiger partial charge in [-0.3, -0.25) is 14.7 Å². The number of aromatic nitrogens is 2. The third-order valence-corrected chi connectivity index (χ3v) is 6.63. The van der Waals surface area contributed by atoms with Crippen LogP contribution in [-0.4, -0.2) is 37.2 Å². The van der Waals surface area contributed by atoms with E-state index >= 15 is 0 Å². The van der Waals surface area contributed by atoms with Gasteiger partial charge in [-0.2, -0.15) is 0 Å². The fourth-order valence-electron chi connectivity index (χ4n) is 2.92. The van der Waals surface area contributed by atoms with Crippen LogP contribution in [0.4, 0.5) is 5.13 Å². The molecule has 158 valence electrons. The van der Waals surface area contributed by atoms with Gasteiger partial charge >= 0.3 is 0 Å². The lowest BCUT2D eigenvalue weighted by Crippen LogP contribution is -2.34. The number of ether oxygens (including phenoxy) is 1. The van der Waals surface area contributed by atoms with E-state index in [0.29, 0.717) is 21.1 Å². The third-order valence-electron chi connectivity index (χ3n) is 4.48. The van der Waals surface area contributed by atoms with Crippen molar-refractivity contribution in [1.82, 2.24) is 9.97 Å². The molecule has 2 aromatic heterocycles. The Balaban J connectivity index is 1.65. The average molecular weight is 454 g/mol. The van der Waals surface area contributed by atoms with Gasteiger partial charge in [-0.15, -0.1) is 0 Å². The van der Waals surface area contributed by atoms with Crippen LogP contribution in [0, 0.1) is 0 Å². The first-order valence-electron chi connectivity index (χ1n) is 9.38. The Labute approximate surface area is 183 Å². The van der Waals surface area contributed by atoms with Crippen molar-refractivity contribution >= 4 is 42.4 Å². The van der Waals surface area contributed by atoms with Crippen molar-refractivity contribution < 1.29 is 17.9 Å². The van der Waals surface area contributed by atoms with E-state index in [9.17, 15) is 13.2 Å². The summed E-state index contributed by atoms with van der Waals surface area (Å²) in [5, 5.41) is 0.464. The molecule has 2 aromatic carbocycles. The zero-order valence-corrected chi connectivity index (χ0v) is 18.3. The Bertz CT molecular complexity index is 1310. The maximum absolute atomic E-state index is 13.1. The number of carbonyl (C=O) groups is 1. The second-order valence-corrected chi connectivity index (χ2v) is 9.87. The molecule has 0 unspecified atom stereocenters. The number of thiazole rings is 1. The van der Waals surface area contributed by atoms with Gasteiger partial charge < -0.3 is 4.74 Å². The van der Waals surface area contributed by atoms with E-state index in [4.69, 9.17) is 4.74 Å². The van der Waals surface area contributed by atoms with Crippen LogP contribution in [0.1, 0.15) is 5.56 Å². The second kappa shape index (κ2) is 8.83. The van der Waals surface area contributed by atoms with Crippen molar-refractivity contribution in [2.75, 3.05) is 17.8 Å². The Morgan fingerprint density at radius 3 is 2.61 bits per heavy atom. The van der Waals surface area contributed by atoms with Gasteiger partial charge in [0.15, 0.2) is 21.6 Å². The normalized spacial score (nSPS) is 11.4. The van der Waals surface area contributed by atoms with Gasteiger partial charge in [0.05, 0.1) is 21.7 Å². The van der Waals surface area contributed by atoms with E-state index in [1.54, 1.807) is 42.7 Å². The van der Waals surface area contributed by atoms with E-state index in [0.717, 1.165) is 11.8 Å². The quantitative estimate of drug-likeness (QED) is 0.424. The summed E-state index contributed by atoms with van der Waals surface area (Å²) in [5.41, 5.74) is 1.46. The lowest BCUT2D eigenvalue weighted by molar-refractivity contribution is -0.120. The molecule has 0 radical (unpaired) electrons. The van der Waals surface area contributed by atoms with Crippen LogP contribution in [0.3, 0.4) is 0 Å². The van der Waals surface area contributed by atoms with Crippen LogP contribution in [-0.2, 0) is 21.2 Å². The highest BCUT2D eigenvalue weighted by Crippen LogP contribution is 2.31. The fraction of sp³-hybridized carbons (Fsp3) is 0.136. The number of amides is 1. The Hall–Kier alpha value is -3.30. The molecule has 0 N–H and O–H groups in total. The molecule has 0 saturated carbocycles. The van der Waals surface area contributed by atoms with Crippen LogP contribution in [0.5, 0.6) is 5.75 Å². The SMILES string of the molecule is CS(=O)(=O)c1ccc2nc(N(Cc3cccnc3)C(=O)COc3ccccc3)sc2c1. The minimum Gasteiger partial charge on any atom is -0.484 e. The zero-order valence-electron chi connectivity index (χ0n) is 16.6. The lowest BCUT2D eigenvalue weighted by Gasteiger charge is -2.20. The molecule has 0 fully saturated rings. The van der Waals surface area contributed by atoms with Crippen LogP contribution < -0.4 is 9.64 Å². The fourth-order valence-corrected chi connectivity index (χ4v) is 4.66. The number of hydrogen-bond donors (Lipinski definition) is 0. The number of nitrogens with zero attached hydrogens (tertiary/aromatic N) is 3. The zero-order chi connectivity index (χ0) is 21.8. The summed E-state index contributed by atoms with van der Waals surface area (Å²) in [4.78, 5) is 23.5. The molecular weight excluding hydrogens is 434 g/mol. The van der Waals surface area contributed by atoms with Gasteiger partial charge in [0.25, 0.3) is 5.91 Å². The summed E-state index contributed by atoms with van der Waals surface area (Å²) in [7, 11) is -3.34. The molecule has 0 aliphatic rings. The number of sulfone groups is 1. The molecule has 9 heteroatoms. The number of hydrogen-bond acceptors (Lipinski definition) is 7. The molecule has 0 aliphatic heterocycles. The summed E-state index contributed by atoms with van der Waals surface area (Å²) in [6.07, 6.45) is 4.52. The van der Waals surface area contributed by atoms with Crippen molar-refractivity contribution in [3.63, 3.8) is 0 Å². The van der Waals surface area contributed by atoms with Crippen LogP contribution in [0.2, 0.25) is 0 Å². The highest BCUT2D eigenvalue weighted by molar-refractivity contribution is 7.90. The maximum atomic E-state index is 13.1. The number of pyridine rings is 1. The van der Waals surface area contributed by atoms with Gasteiger partial charge in [-0.05, 0) is 42.0 Å². The predicted molar refractivity (Wildman–Crippen MR) is 120 cm³/mol. The molecule has 2 heterocycles. The van der Waals surface area contributed by atoms with Crippen molar-refractivity contribution in [3.8, 4) is 5.75 Å². The highest BCUT2D eigenvalue weighted by atomic mass is 32.2. The van der Waals surface area contributed by atoms with Crippen molar-refractivity contribution in [2.24, 2.45) is 0 Å². The summed E-state index contributed by atoms with van der Waals surface area (Å²) >= 11 is 1.26. The Morgan fingerprint density at radius 2 is 1.90 bits per heavy atom. The van der Waals surface area contributed by atoms with E-state index in [1.165, 1.54) is 22.3 Å². The van der Waals surface area contributed by atoms with Crippen LogP contribution in [0.15, 0.2) is 78.0 Å². The van der Waals surface area contributed by atoms with E-state index < -0.39 is 9.84 Å². The molecule has 0 aliphatic carbocycles. The van der Waals surface area contributed by atoms with E-state index in [1.807, 2.05) is 24.3 Å². The molecule has 0 bridgehead atoms. The Kier molecular flexibility index (Phi) is 5.97. The molecule has 0 atom stereocenters. The highest BCUT2D eigenvalue weighted by Gasteiger charge is 2.21. The van der Waals surface area contributed by atoms with Gasteiger partial charge in [0.1, 0.15) is 5.75 Å². The first-order valence-corrected chi connectivity index (χ1v) is 12.1.